The highest BCUT2D eigenvalue weighted by molar-refractivity contribution is 5.66. The third-order valence-electron chi connectivity index (χ3n) is 3.81. The number of nitriles is 1. The van der Waals surface area contributed by atoms with Crippen molar-refractivity contribution in [3.8, 4) is 6.07 Å². The number of aromatic nitrogens is 2. The summed E-state index contributed by atoms with van der Waals surface area (Å²) in [6, 6.07) is 14.2. The summed E-state index contributed by atoms with van der Waals surface area (Å²) in [6.45, 7) is 0.425. The van der Waals surface area contributed by atoms with Gasteiger partial charge in [0.2, 0.25) is 0 Å². The Bertz CT molecular complexity index is 905. The van der Waals surface area contributed by atoms with Crippen molar-refractivity contribution in [3.05, 3.63) is 78.1 Å². The first kappa shape index (κ1) is 16.4. The number of benzene rings is 2. The lowest BCUT2D eigenvalue weighted by molar-refractivity contribution is 0.630. The van der Waals surface area contributed by atoms with Gasteiger partial charge in [-0.1, -0.05) is 12.1 Å². The number of hydrogen-bond donors (Lipinski definition) is 1. The molecule has 0 amide bonds. The van der Waals surface area contributed by atoms with Gasteiger partial charge in [0.05, 0.1) is 35.4 Å². The summed E-state index contributed by atoms with van der Waals surface area (Å²) in [5, 5.41) is 12.0. The van der Waals surface area contributed by atoms with E-state index in [1.165, 1.54) is 12.4 Å². The third-order valence-corrected chi connectivity index (χ3v) is 3.81. The van der Waals surface area contributed by atoms with E-state index >= 15 is 0 Å². The van der Waals surface area contributed by atoms with Crippen LogP contribution in [-0.4, -0.2) is 17.0 Å². The highest BCUT2D eigenvalue weighted by atomic mass is 19.1. The topological polar surface area (TPSA) is 64.8 Å². The second kappa shape index (κ2) is 7.41. The molecule has 1 aromatic heterocycles. The summed E-state index contributed by atoms with van der Waals surface area (Å²) in [5.41, 5.74) is 3.50. The van der Waals surface area contributed by atoms with Gasteiger partial charge in [-0.25, -0.2) is 14.4 Å². The SMILES string of the molecule is CN(c1cncnc1)c1ccc(F)c(NCc2cccc(C#N)c2)c1. The van der Waals surface area contributed by atoms with E-state index in [0.717, 1.165) is 16.9 Å². The molecule has 1 heterocycles. The first-order valence-electron chi connectivity index (χ1n) is 7.68. The van der Waals surface area contributed by atoms with Crippen LogP contribution in [0.5, 0.6) is 0 Å². The van der Waals surface area contributed by atoms with Crippen LogP contribution in [0.4, 0.5) is 21.5 Å². The molecule has 0 fully saturated rings. The molecule has 0 bridgehead atoms. The molecule has 0 aliphatic heterocycles. The number of halogens is 1. The lowest BCUT2D eigenvalue weighted by atomic mass is 10.1. The van der Waals surface area contributed by atoms with Crippen molar-refractivity contribution < 1.29 is 4.39 Å². The van der Waals surface area contributed by atoms with Crippen LogP contribution >= 0.6 is 0 Å². The molecule has 1 N–H and O–H groups in total. The molecule has 0 atom stereocenters. The van der Waals surface area contributed by atoms with Crippen molar-refractivity contribution in [2.45, 2.75) is 6.54 Å². The first-order chi connectivity index (χ1) is 12.2. The second-order valence-corrected chi connectivity index (χ2v) is 5.49. The normalized spacial score (nSPS) is 10.1. The van der Waals surface area contributed by atoms with E-state index in [1.807, 2.05) is 24.1 Å². The van der Waals surface area contributed by atoms with Gasteiger partial charge in [-0.3, -0.25) is 0 Å². The van der Waals surface area contributed by atoms with Gasteiger partial charge in [-0.2, -0.15) is 5.26 Å². The van der Waals surface area contributed by atoms with Crippen LogP contribution in [-0.2, 0) is 6.54 Å². The molecule has 3 rings (SSSR count). The fraction of sp³-hybridized carbons (Fsp3) is 0.105. The first-order valence-corrected chi connectivity index (χ1v) is 7.68. The van der Waals surface area contributed by atoms with Crippen molar-refractivity contribution in [1.29, 1.82) is 5.26 Å². The van der Waals surface area contributed by atoms with Gasteiger partial charge in [0.25, 0.3) is 0 Å². The van der Waals surface area contributed by atoms with Crippen LogP contribution in [0.1, 0.15) is 11.1 Å². The van der Waals surface area contributed by atoms with Crippen molar-refractivity contribution in [3.63, 3.8) is 0 Å². The maximum Gasteiger partial charge on any atom is 0.146 e. The summed E-state index contributed by atoms with van der Waals surface area (Å²) in [5.74, 6) is -0.335. The summed E-state index contributed by atoms with van der Waals surface area (Å²) in [4.78, 5) is 9.87. The highest BCUT2D eigenvalue weighted by Crippen LogP contribution is 2.27. The van der Waals surface area contributed by atoms with Crippen LogP contribution in [0, 0.1) is 17.1 Å². The monoisotopic (exact) mass is 333 g/mol. The van der Waals surface area contributed by atoms with Crippen LogP contribution in [0.2, 0.25) is 0 Å². The van der Waals surface area contributed by atoms with Crippen LogP contribution in [0.25, 0.3) is 0 Å². The Balaban J connectivity index is 1.79. The molecule has 5 nitrogen and oxygen atoms in total. The molecule has 0 unspecified atom stereocenters. The minimum Gasteiger partial charge on any atom is -0.379 e. The predicted octanol–water partition coefficient (Wildman–Crippen LogP) is 3.87. The van der Waals surface area contributed by atoms with Gasteiger partial charge in [0.1, 0.15) is 12.1 Å². The molecule has 0 radical (unpaired) electrons. The number of anilines is 3. The minimum atomic E-state index is -0.335. The third kappa shape index (κ3) is 3.90. The average molecular weight is 333 g/mol. The zero-order valence-electron chi connectivity index (χ0n) is 13.6. The van der Waals surface area contributed by atoms with E-state index in [4.69, 9.17) is 5.26 Å². The van der Waals surface area contributed by atoms with E-state index in [-0.39, 0.29) is 5.82 Å². The molecule has 3 aromatic rings. The number of rotatable bonds is 5. The van der Waals surface area contributed by atoms with Crippen LogP contribution < -0.4 is 10.2 Å². The zero-order chi connectivity index (χ0) is 17.6. The van der Waals surface area contributed by atoms with Gasteiger partial charge in [0, 0.05) is 19.3 Å². The molecule has 6 heteroatoms. The van der Waals surface area contributed by atoms with Crippen molar-refractivity contribution in [2.75, 3.05) is 17.3 Å². The number of nitrogens with one attached hydrogen (secondary N) is 1. The standard InChI is InChI=1S/C19H16FN5/c1-25(17-11-22-13-23-12-17)16-5-6-18(20)19(8-16)24-10-15-4-2-3-14(7-15)9-21/h2-8,11-13,24H,10H2,1H3. The van der Waals surface area contributed by atoms with Crippen LogP contribution in [0.15, 0.2) is 61.2 Å². The van der Waals surface area contributed by atoms with E-state index in [9.17, 15) is 4.39 Å². The van der Waals surface area contributed by atoms with Gasteiger partial charge < -0.3 is 10.2 Å². The van der Waals surface area contributed by atoms with Crippen molar-refractivity contribution in [2.24, 2.45) is 0 Å². The summed E-state index contributed by atoms with van der Waals surface area (Å²) in [7, 11) is 1.87. The average Bonchev–Trinajstić information content (AvgIpc) is 2.67. The van der Waals surface area contributed by atoms with Crippen molar-refractivity contribution >= 4 is 17.1 Å². The maximum atomic E-state index is 14.1. The Morgan fingerprint density at radius 2 is 1.92 bits per heavy atom. The summed E-state index contributed by atoms with van der Waals surface area (Å²) >= 11 is 0. The molecule has 124 valence electrons. The Kier molecular flexibility index (Phi) is 4.86. The summed E-state index contributed by atoms with van der Waals surface area (Å²) in [6.07, 6.45) is 4.85. The predicted molar refractivity (Wildman–Crippen MR) is 95.0 cm³/mol. The number of hydrogen-bond acceptors (Lipinski definition) is 5. The van der Waals surface area contributed by atoms with E-state index in [2.05, 4.69) is 21.4 Å². The van der Waals surface area contributed by atoms with Crippen LogP contribution in [0.3, 0.4) is 0 Å². The molecular weight excluding hydrogens is 317 g/mol. The fourth-order valence-corrected chi connectivity index (χ4v) is 2.42. The quantitative estimate of drug-likeness (QED) is 0.768. The Morgan fingerprint density at radius 1 is 1.12 bits per heavy atom. The Morgan fingerprint density at radius 3 is 2.68 bits per heavy atom. The maximum absolute atomic E-state index is 14.1. The molecule has 25 heavy (non-hydrogen) atoms. The fourth-order valence-electron chi connectivity index (χ4n) is 2.42. The molecule has 0 aliphatic rings. The zero-order valence-corrected chi connectivity index (χ0v) is 13.6. The van der Waals surface area contributed by atoms with Crippen molar-refractivity contribution in [1.82, 2.24) is 9.97 Å². The number of nitrogens with zero attached hydrogens (tertiary/aromatic N) is 4. The minimum absolute atomic E-state index is 0.335. The van der Waals surface area contributed by atoms with E-state index in [1.54, 1.807) is 36.7 Å². The lowest BCUT2D eigenvalue weighted by Crippen LogP contribution is -2.11. The molecule has 2 aromatic carbocycles. The largest absolute Gasteiger partial charge is 0.379 e. The molecule has 0 saturated heterocycles. The molecule has 0 aliphatic carbocycles. The Labute approximate surface area is 145 Å². The second-order valence-electron chi connectivity index (χ2n) is 5.49. The Hall–Kier alpha value is -3.46. The molecular formula is C19H16FN5. The van der Waals surface area contributed by atoms with Gasteiger partial charge >= 0.3 is 0 Å². The van der Waals surface area contributed by atoms with Gasteiger partial charge in [-0.05, 0) is 35.9 Å². The smallest absolute Gasteiger partial charge is 0.146 e. The van der Waals surface area contributed by atoms with E-state index in [0.29, 0.717) is 17.8 Å². The molecule has 0 saturated carbocycles. The molecule has 0 spiro atoms. The summed E-state index contributed by atoms with van der Waals surface area (Å²) < 4.78 is 14.1. The van der Waals surface area contributed by atoms with E-state index < -0.39 is 0 Å². The van der Waals surface area contributed by atoms with Gasteiger partial charge in [-0.15, -0.1) is 0 Å². The van der Waals surface area contributed by atoms with Gasteiger partial charge in [0.15, 0.2) is 0 Å². The lowest BCUT2D eigenvalue weighted by Gasteiger charge is -2.20. The highest BCUT2D eigenvalue weighted by Gasteiger charge is 2.09.